The van der Waals surface area contributed by atoms with Gasteiger partial charge in [0.15, 0.2) is 0 Å². The van der Waals surface area contributed by atoms with E-state index in [1.165, 1.54) is 5.56 Å². The minimum Gasteiger partial charge on any atom is -0.392 e. The average molecular weight is 395 g/mol. The van der Waals surface area contributed by atoms with E-state index in [0.717, 1.165) is 17.4 Å². The van der Waals surface area contributed by atoms with E-state index in [-0.39, 0.29) is 17.8 Å². The number of hydrogen-bond acceptors (Lipinski definition) is 2. The lowest BCUT2D eigenvalue weighted by molar-refractivity contribution is -0.0334. The monoisotopic (exact) mass is 394 g/mol. The van der Waals surface area contributed by atoms with Crippen LogP contribution >= 0.6 is 0 Å². The van der Waals surface area contributed by atoms with Crippen LogP contribution in [0.5, 0.6) is 0 Å². The van der Waals surface area contributed by atoms with Crippen LogP contribution in [0.3, 0.4) is 0 Å². The summed E-state index contributed by atoms with van der Waals surface area (Å²) in [5.74, 6) is 1.47. The third-order valence-corrected chi connectivity index (χ3v) is 6.85. The molecule has 2 aromatic carbocycles. The first-order valence-electron chi connectivity index (χ1n) is 10.6. The molecule has 5 rings (SSSR count). The maximum Gasteiger partial charge on any atom is 0.0781 e. The van der Waals surface area contributed by atoms with E-state index < -0.39 is 11.7 Å². The van der Waals surface area contributed by atoms with Gasteiger partial charge in [0.05, 0.1) is 11.7 Å². The third-order valence-electron chi connectivity index (χ3n) is 6.85. The Morgan fingerprint density at radius 2 is 1.27 bits per heavy atom. The van der Waals surface area contributed by atoms with Crippen LogP contribution < -0.4 is 0 Å². The fourth-order valence-electron chi connectivity index (χ4n) is 5.51. The van der Waals surface area contributed by atoms with E-state index in [0.29, 0.717) is 6.42 Å². The molecule has 0 aromatic heterocycles. The molecule has 0 spiro atoms. The van der Waals surface area contributed by atoms with Gasteiger partial charge in [0.2, 0.25) is 0 Å². The van der Waals surface area contributed by atoms with Gasteiger partial charge in [-0.15, -0.1) is 0 Å². The van der Waals surface area contributed by atoms with E-state index >= 15 is 0 Å². The van der Waals surface area contributed by atoms with Crippen LogP contribution in [-0.4, -0.2) is 21.9 Å². The fraction of sp³-hybridized carbons (Fsp3) is 0.214. The van der Waals surface area contributed by atoms with Gasteiger partial charge >= 0.3 is 0 Å². The zero-order chi connectivity index (χ0) is 20.6. The van der Waals surface area contributed by atoms with Crippen molar-refractivity contribution < 1.29 is 10.2 Å². The molecule has 2 nitrogen and oxygen atoms in total. The molecule has 0 heterocycles. The highest BCUT2D eigenvalue weighted by molar-refractivity contribution is 5.49. The molecule has 0 amide bonds. The molecule has 30 heavy (non-hydrogen) atoms. The van der Waals surface area contributed by atoms with Gasteiger partial charge in [-0.05, 0) is 80.8 Å². The Kier molecular flexibility index (Phi) is 5.73. The van der Waals surface area contributed by atoms with Crippen molar-refractivity contribution in [2.45, 2.75) is 30.0 Å². The highest BCUT2D eigenvalue weighted by atomic mass is 16.3. The Labute approximate surface area is 181 Å². The molecule has 2 heteroatoms. The molecule has 3 aliphatic carbocycles. The molecule has 0 saturated heterocycles. The molecule has 0 aliphatic heterocycles. The molecule has 0 unspecified atom stereocenters. The van der Waals surface area contributed by atoms with E-state index in [2.05, 4.69) is 36.4 Å². The zero-order valence-electron chi connectivity index (χ0n) is 16.8. The van der Waals surface area contributed by atoms with Crippen LogP contribution in [0.1, 0.15) is 29.4 Å². The van der Waals surface area contributed by atoms with Gasteiger partial charge in [-0.3, -0.25) is 0 Å². The van der Waals surface area contributed by atoms with Gasteiger partial charge < -0.3 is 10.2 Å². The highest BCUT2D eigenvalue weighted by Gasteiger charge is 2.60. The summed E-state index contributed by atoms with van der Waals surface area (Å²) in [6, 6.07) is 20.8. The van der Waals surface area contributed by atoms with Gasteiger partial charge in [0.1, 0.15) is 0 Å². The van der Waals surface area contributed by atoms with E-state index in [9.17, 15) is 10.2 Å². The first-order valence-corrected chi connectivity index (χ1v) is 10.6. The van der Waals surface area contributed by atoms with Crippen LogP contribution in [-0.2, 0) is 0 Å². The molecular weight excluding hydrogens is 368 g/mol. The van der Waals surface area contributed by atoms with Crippen molar-refractivity contribution in [2.24, 2.45) is 5.92 Å². The van der Waals surface area contributed by atoms with E-state index in [1.54, 1.807) is 0 Å². The van der Waals surface area contributed by atoms with Crippen molar-refractivity contribution in [3.05, 3.63) is 135 Å². The molecule has 2 N–H and O–H groups in total. The maximum absolute atomic E-state index is 12.2. The second kappa shape index (κ2) is 8.48. The Hall–Kier alpha value is -1.64. The van der Waals surface area contributed by atoms with Gasteiger partial charge in [-0.1, -0.05) is 60.7 Å². The standard InChI is InChI=1S/C28H26O2/c29-27(22-15-7-8-16-22)26-25(21-13-5-2-6-14-21)24(20-11-3-1-4-12-20)19-28(26,30)23-17-9-10-18-23/h1-18,24-27,29-30H,19H2/t24-,25+,26-,27-,28+/m1/s1. The zero-order valence-corrected chi connectivity index (χ0v) is 16.8. The van der Waals surface area contributed by atoms with Crippen molar-refractivity contribution in [1.82, 2.24) is 0 Å². The predicted octanol–water partition coefficient (Wildman–Crippen LogP) is 4.48. The van der Waals surface area contributed by atoms with E-state index in [4.69, 9.17) is 0 Å². The first kappa shape index (κ1) is 20.3. The summed E-state index contributed by atoms with van der Waals surface area (Å²) in [7, 11) is 0. The van der Waals surface area contributed by atoms with Crippen LogP contribution in [0, 0.1) is 69.1 Å². The van der Waals surface area contributed by atoms with Gasteiger partial charge in [0, 0.05) is 17.8 Å². The molecule has 3 fully saturated rings. The van der Waals surface area contributed by atoms with Crippen LogP contribution in [0.2, 0.25) is 0 Å². The lowest BCUT2D eigenvalue weighted by Gasteiger charge is -2.41. The Bertz CT molecular complexity index is 807. The normalized spacial score (nSPS) is 33.9. The average Bonchev–Trinajstić information content (AvgIpc) is 3.55. The van der Waals surface area contributed by atoms with Crippen molar-refractivity contribution >= 4 is 0 Å². The molecule has 0 bridgehead atoms. The molecule has 5 atom stereocenters. The molecule has 10 radical (unpaired) electrons. The van der Waals surface area contributed by atoms with Crippen LogP contribution in [0.25, 0.3) is 0 Å². The number of aliphatic hydroxyl groups is 2. The Balaban J connectivity index is 1.62. The van der Waals surface area contributed by atoms with Crippen molar-refractivity contribution in [3.63, 3.8) is 0 Å². The largest absolute Gasteiger partial charge is 0.392 e. The number of rotatable bonds is 5. The molecular formula is C28H26O2. The lowest BCUT2D eigenvalue weighted by Crippen LogP contribution is -2.48. The summed E-state index contributed by atoms with van der Waals surface area (Å²) >= 11 is 0. The van der Waals surface area contributed by atoms with E-state index in [1.807, 2.05) is 75.6 Å². The molecule has 2 aromatic rings. The SMILES string of the molecule is O[C@H]([C]1[CH][CH][CH][CH]1)[C@H]1[C@@H](c2ccccc2)[C@@H](c2ccccc2)C[C@]1(O)[C]1[CH][CH][CH][CH]1. The van der Waals surface area contributed by atoms with Crippen molar-refractivity contribution in [1.29, 1.82) is 0 Å². The van der Waals surface area contributed by atoms with Gasteiger partial charge in [0.25, 0.3) is 0 Å². The fourth-order valence-corrected chi connectivity index (χ4v) is 5.51. The molecule has 3 aliphatic rings. The summed E-state index contributed by atoms with van der Waals surface area (Å²) in [5.41, 5.74) is 1.24. The minimum absolute atomic E-state index is 0.0154. The van der Waals surface area contributed by atoms with Crippen molar-refractivity contribution in [2.75, 3.05) is 0 Å². The summed E-state index contributed by atoms with van der Waals surface area (Å²) in [5, 5.41) is 23.8. The minimum atomic E-state index is -1.12. The lowest BCUT2D eigenvalue weighted by atomic mass is 9.68. The Morgan fingerprint density at radius 1 is 0.733 bits per heavy atom. The summed E-state index contributed by atoms with van der Waals surface area (Å²) in [6.07, 6.45) is 15.5. The topological polar surface area (TPSA) is 40.5 Å². The third kappa shape index (κ3) is 3.52. The predicted molar refractivity (Wildman–Crippen MR) is 118 cm³/mol. The summed E-state index contributed by atoms with van der Waals surface area (Å²) < 4.78 is 0. The Morgan fingerprint density at radius 3 is 1.87 bits per heavy atom. The number of aliphatic hydroxyl groups excluding tert-OH is 1. The van der Waals surface area contributed by atoms with Crippen LogP contribution in [0.15, 0.2) is 60.7 Å². The smallest absolute Gasteiger partial charge is 0.0781 e. The van der Waals surface area contributed by atoms with Gasteiger partial charge in [-0.25, -0.2) is 0 Å². The highest BCUT2D eigenvalue weighted by Crippen LogP contribution is 2.61. The van der Waals surface area contributed by atoms with Gasteiger partial charge in [-0.2, -0.15) is 0 Å². The summed E-state index contributed by atoms with van der Waals surface area (Å²) in [4.78, 5) is 0. The second-order valence-electron chi connectivity index (χ2n) is 8.44. The van der Waals surface area contributed by atoms with Crippen LogP contribution in [0.4, 0.5) is 0 Å². The molecule has 150 valence electrons. The molecule has 3 saturated carbocycles. The number of benzene rings is 2. The quantitative estimate of drug-likeness (QED) is 0.785. The first-order chi connectivity index (χ1) is 14.7. The second-order valence-corrected chi connectivity index (χ2v) is 8.44. The van der Waals surface area contributed by atoms with Crippen molar-refractivity contribution in [3.8, 4) is 0 Å². The summed E-state index contributed by atoms with van der Waals surface area (Å²) in [6.45, 7) is 0. The number of hydrogen-bond donors (Lipinski definition) is 2. The maximum atomic E-state index is 12.2.